The van der Waals surface area contributed by atoms with E-state index in [4.69, 9.17) is 5.11 Å². The van der Waals surface area contributed by atoms with E-state index in [2.05, 4.69) is 0 Å². The summed E-state index contributed by atoms with van der Waals surface area (Å²) in [6.45, 7) is 3.59. The van der Waals surface area contributed by atoms with E-state index < -0.39 is 5.97 Å². The number of imidazole rings is 1. The normalized spacial score (nSPS) is 11.1. The highest BCUT2D eigenvalue weighted by molar-refractivity contribution is 5.86. The summed E-state index contributed by atoms with van der Waals surface area (Å²) in [7, 11) is 0. The monoisotopic (exact) mass is 258 g/mol. The molecule has 1 N–H and O–H groups in total. The van der Waals surface area contributed by atoms with E-state index in [1.54, 1.807) is 17.6 Å². The fourth-order valence-electron chi connectivity index (χ4n) is 1.86. The van der Waals surface area contributed by atoms with E-state index >= 15 is 0 Å². The minimum absolute atomic E-state index is 0.622. The molecule has 0 aliphatic heterocycles. The molecule has 5 heteroatoms. The number of nitrogens with zero attached hydrogens (tertiary/aromatic N) is 2. The standard InChI is InChI=1S/C14H14N2O3/c1-10-11(2)16(19)9-15(10)13-6-4-3-5-12(13)7-8-14(17)18/h3-9H,1-2H3,(H,17,18)/b8-7+. The van der Waals surface area contributed by atoms with Crippen molar-refractivity contribution >= 4 is 12.0 Å². The molecular weight excluding hydrogens is 244 g/mol. The number of aliphatic carboxylic acids is 1. The Morgan fingerprint density at radius 2 is 2.05 bits per heavy atom. The summed E-state index contributed by atoms with van der Waals surface area (Å²) in [5, 5.41) is 20.3. The fourth-order valence-corrected chi connectivity index (χ4v) is 1.86. The molecule has 0 atom stereocenters. The average Bonchev–Trinajstić information content (AvgIpc) is 2.64. The highest BCUT2D eigenvalue weighted by atomic mass is 16.5. The Hall–Kier alpha value is -2.56. The maximum atomic E-state index is 11.6. The van der Waals surface area contributed by atoms with E-state index in [1.165, 1.54) is 12.4 Å². The molecule has 2 rings (SSSR count). The van der Waals surface area contributed by atoms with Crippen LogP contribution < -0.4 is 4.73 Å². The molecule has 0 radical (unpaired) electrons. The van der Waals surface area contributed by atoms with Crippen LogP contribution >= 0.6 is 0 Å². The van der Waals surface area contributed by atoms with Crippen molar-refractivity contribution in [2.45, 2.75) is 13.8 Å². The molecule has 0 fully saturated rings. The Bertz CT molecular complexity index is 657. The molecule has 0 unspecified atom stereocenters. The van der Waals surface area contributed by atoms with Crippen LogP contribution in [0.4, 0.5) is 0 Å². The van der Waals surface area contributed by atoms with Crippen molar-refractivity contribution in [3.8, 4) is 5.69 Å². The number of carboxylic acid groups (broad SMARTS) is 1. The lowest BCUT2D eigenvalue weighted by molar-refractivity contribution is -0.611. The zero-order chi connectivity index (χ0) is 14.0. The Morgan fingerprint density at radius 3 is 2.63 bits per heavy atom. The van der Waals surface area contributed by atoms with Gasteiger partial charge in [0.2, 0.25) is 0 Å². The van der Waals surface area contributed by atoms with Crippen LogP contribution in [-0.2, 0) is 4.79 Å². The molecule has 0 spiro atoms. The first kappa shape index (κ1) is 12.9. The van der Waals surface area contributed by atoms with Gasteiger partial charge in [-0.3, -0.25) is 0 Å². The van der Waals surface area contributed by atoms with E-state index in [-0.39, 0.29) is 0 Å². The van der Waals surface area contributed by atoms with Crippen molar-refractivity contribution in [3.05, 3.63) is 58.8 Å². The van der Waals surface area contributed by atoms with E-state index in [1.807, 2.05) is 25.1 Å². The van der Waals surface area contributed by atoms with Gasteiger partial charge in [-0.25, -0.2) is 9.52 Å². The van der Waals surface area contributed by atoms with Crippen LogP contribution in [0.25, 0.3) is 11.8 Å². The second-order valence-corrected chi connectivity index (χ2v) is 4.21. The smallest absolute Gasteiger partial charge is 0.328 e. The first-order valence-corrected chi connectivity index (χ1v) is 5.79. The van der Waals surface area contributed by atoms with Crippen LogP contribution in [0.3, 0.4) is 0 Å². The Labute approximate surface area is 110 Å². The predicted molar refractivity (Wildman–Crippen MR) is 70.9 cm³/mol. The highest BCUT2D eigenvalue weighted by Crippen LogP contribution is 2.18. The van der Waals surface area contributed by atoms with Crippen molar-refractivity contribution in [3.63, 3.8) is 0 Å². The van der Waals surface area contributed by atoms with Crippen LogP contribution in [0.1, 0.15) is 17.0 Å². The second kappa shape index (κ2) is 4.97. The number of hydrogen-bond donors (Lipinski definition) is 1. The number of rotatable bonds is 3. The quantitative estimate of drug-likeness (QED) is 0.518. The molecule has 0 aliphatic carbocycles. The van der Waals surface area contributed by atoms with Crippen molar-refractivity contribution in [1.82, 2.24) is 4.57 Å². The number of hydrogen-bond acceptors (Lipinski definition) is 2. The maximum absolute atomic E-state index is 11.6. The lowest BCUT2D eigenvalue weighted by Gasteiger charge is -2.02. The molecule has 0 amide bonds. The van der Waals surface area contributed by atoms with Crippen LogP contribution in [0, 0.1) is 19.1 Å². The zero-order valence-electron chi connectivity index (χ0n) is 10.7. The zero-order valence-corrected chi connectivity index (χ0v) is 10.7. The number of benzene rings is 1. The van der Waals surface area contributed by atoms with Gasteiger partial charge in [0.1, 0.15) is 17.1 Å². The SMILES string of the molecule is Cc1c(C)[n+]([O-])cn1-c1ccccc1/C=C/C(=O)O. The van der Waals surface area contributed by atoms with E-state index in [0.29, 0.717) is 5.69 Å². The van der Waals surface area contributed by atoms with Gasteiger partial charge in [0.15, 0.2) is 0 Å². The van der Waals surface area contributed by atoms with Crippen molar-refractivity contribution < 1.29 is 14.6 Å². The molecule has 1 aromatic carbocycles. The maximum Gasteiger partial charge on any atom is 0.328 e. The van der Waals surface area contributed by atoms with Gasteiger partial charge >= 0.3 is 5.97 Å². The Balaban J connectivity index is 2.56. The third-order valence-electron chi connectivity index (χ3n) is 3.04. The van der Waals surface area contributed by atoms with Crippen molar-refractivity contribution in [2.75, 3.05) is 0 Å². The molecule has 19 heavy (non-hydrogen) atoms. The topological polar surface area (TPSA) is 69.2 Å². The fraction of sp³-hybridized carbons (Fsp3) is 0.143. The first-order valence-electron chi connectivity index (χ1n) is 5.79. The van der Waals surface area contributed by atoms with Crippen LogP contribution in [-0.4, -0.2) is 15.6 Å². The highest BCUT2D eigenvalue weighted by Gasteiger charge is 2.15. The number of carbonyl (C=O) groups is 1. The van der Waals surface area contributed by atoms with Gasteiger partial charge in [-0.2, -0.15) is 4.57 Å². The third kappa shape index (κ3) is 2.49. The van der Waals surface area contributed by atoms with Gasteiger partial charge < -0.3 is 10.3 Å². The summed E-state index contributed by atoms with van der Waals surface area (Å²) >= 11 is 0. The molecule has 0 bridgehead atoms. The van der Waals surface area contributed by atoms with Gasteiger partial charge in [0, 0.05) is 25.5 Å². The minimum Gasteiger partial charge on any atom is -0.711 e. The molecule has 5 nitrogen and oxygen atoms in total. The summed E-state index contributed by atoms with van der Waals surface area (Å²) in [5.41, 5.74) is 2.96. The molecule has 0 saturated heterocycles. The second-order valence-electron chi connectivity index (χ2n) is 4.21. The van der Waals surface area contributed by atoms with Crippen LogP contribution in [0.2, 0.25) is 0 Å². The number of carboxylic acids is 1. The van der Waals surface area contributed by atoms with Crippen molar-refractivity contribution in [2.24, 2.45) is 0 Å². The predicted octanol–water partition coefficient (Wildman–Crippen LogP) is 1.83. The molecule has 98 valence electrons. The van der Waals surface area contributed by atoms with Gasteiger partial charge in [-0.05, 0) is 12.1 Å². The molecule has 2 aromatic rings. The molecule has 0 saturated carbocycles. The summed E-state index contributed by atoms with van der Waals surface area (Å²) in [6, 6.07) is 7.31. The summed E-state index contributed by atoms with van der Waals surface area (Å²) in [5.74, 6) is -1.01. The van der Waals surface area contributed by atoms with Gasteiger partial charge in [-0.15, -0.1) is 0 Å². The van der Waals surface area contributed by atoms with Crippen LogP contribution in [0.5, 0.6) is 0 Å². The van der Waals surface area contributed by atoms with Crippen molar-refractivity contribution in [1.29, 1.82) is 0 Å². The average molecular weight is 258 g/mol. The first-order chi connectivity index (χ1) is 9.00. The minimum atomic E-state index is -1.01. The Kier molecular flexibility index (Phi) is 3.37. The largest absolute Gasteiger partial charge is 0.711 e. The third-order valence-corrected chi connectivity index (χ3v) is 3.04. The van der Waals surface area contributed by atoms with E-state index in [0.717, 1.165) is 27.8 Å². The molecule has 1 aromatic heterocycles. The molecular formula is C14H14N2O3. The van der Waals surface area contributed by atoms with Gasteiger partial charge in [0.25, 0.3) is 6.33 Å². The van der Waals surface area contributed by atoms with Crippen LogP contribution in [0.15, 0.2) is 36.7 Å². The van der Waals surface area contributed by atoms with Gasteiger partial charge in [-0.1, -0.05) is 18.2 Å². The summed E-state index contributed by atoms with van der Waals surface area (Å²) < 4.78 is 2.55. The lowest BCUT2D eigenvalue weighted by Crippen LogP contribution is -2.26. The lowest BCUT2D eigenvalue weighted by atomic mass is 10.1. The number of para-hydroxylation sites is 1. The summed E-state index contributed by atoms with van der Waals surface area (Å²) in [6.07, 6.45) is 4.04. The summed E-state index contributed by atoms with van der Waals surface area (Å²) in [4.78, 5) is 10.6. The molecule has 0 aliphatic rings. The Morgan fingerprint density at radius 1 is 1.37 bits per heavy atom. The number of aromatic nitrogens is 2. The van der Waals surface area contributed by atoms with E-state index in [9.17, 15) is 10.0 Å². The molecule has 1 heterocycles. The van der Waals surface area contributed by atoms with Gasteiger partial charge in [0.05, 0.1) is 0 Å².